The number of fused-ring (bicyclic) bond motifs is 1. The molecule has 2 aliphatic rings. The summed E-state index contributed by atoms with van der Waals surface area (Å²) in [6, 6.07) is 5.45. The zero-order chi connectivity index (χ0) is 18.3. The molecular formula is C17H17Cl2N3O2S2. The lowest BCUT2D eigenvalue weighted by molar-refractivity contribution is -0.113. The van der Waals surface area contributed by atoms with Crippen molar-refractivity contribution in [1.82, 2.24) is 9.78 Å². The van der Waals surface area contributed by atoms with E-state index >= 15 is 0 Å². The Morgan fingerprint density at radius 3 is 2.65 bits per heavy atom. The number of carbonyl (C=O) groups is 1. The van der Waals surface area contributed by atoms with Crippen molar-refractivity contribution < 1.29 is 4.79 Å². The van der Waals surface area contributed by atoms with Crippen molar-refractivity contribution in [3.63, 3.8) is 0 Å². The van der Waals surface area contributed by atoms with Crippen molar-refractivity contribution in [2.75, 3.05) is 22.6 Å². The fraction of sp³-hybridized carbons (Fsp3) is 0.412. The molecule has 0 aliphatic carbocycles. The predicted octanol–water partition coefficient (Wildman–Crippen LogP) is 4.33. The number of amides is 1. The summed E-state index contributed by atoms with van der Waals surface area (Å²) in [5, 5.41) is 6.61. The first-order valence-electron chi connectivity index (χ1n) is 8.33. The normalized spacial score (nSPS) is 21.2. The second kappa shape index (κ2) is 7.54. The van der Waals surface area contributed by atoms with Gasteiger partial charge in [0, 0.05) is 10.0 Å². The molecule has 0 spiro atoms. The van der Waals surface area contributed by atoms with Crippen LogP contribution in [-0.2, 0) is 4.79 Å². The molecule has 2 N–H and O–H groups in total. The number of nitrogens with zero attached hydrogens (tertiary/aromatic N) is 1. The molecular weight excluding hydrogens is 413 g/mol. The van der Waals surface area contributed by atoms with Crippen LogP contribution in [-0.4, -0.2) is 32.9 Å². The van der Waals surface area contributed by atoms with Crippen molar-refractivity contribution >= 4 is 58.5 Å². The minimum absolute atomic E-state index is 0.109. The second-order valence-electron chi connectivity index (χ2n) is 6.32. The highest BCUT2D eigenvalue weighted by atomic mass is 35.5. The van der Waals surface area contributed by atoms with E-state index in [2.05, 4.69) is 10.4 Å². The molecule has 5 nitrogen and oxygen atoms in total. The summed E-state index contributed by atoms with van der Waals surface area (Å²) in [5.74, 6) is 2.83. The van der Waals surface area contributed by atoms with Crippen LogP contribution in [0.25, 0.3) is 0 Å². The van der Waals surface area contributed by atoms with E-state index in [0.717, 1.165) is 29.9 Å². The summed E-state index contributed by atoms with van der Waals surface area (Å²) in [7, 11) is 0. The third-order valence-electron chi connectivity index (χ3n) is 4.66. The van der Waals surface area contributed by atoms with E-state index in [1.165, 1.54) is 11.8 Å². The summed E-state index contributed by atoms with van der Waals surface area (Å²) in [5.41, 5.74) is 1.17. The molecule has 4 rings (SSSR count). The molecule has 2 aromatic rings. The van der Waals surface area contributed by atoms with Gasteiger partial charge in [-0.3, -0.25) is 19.4 Å². The number of halogens is 2. The minimum atomic E-state index is -0.323. The molecule has 0 radical (unpaired) electrons. The van der Waals surface area contributed by atoms with Gasteiger partial charge in [-0.1, -0.05) is 29.3 Å². The van der Waals surface area contributed by atoms with Gasteiger partial charge in [0.15, 0.2) is 0 Å². The number of H-pyrrole nitrogens is 1. The third kappa shape index (κ3) is 3.42. The van der Waals surface area contributed by atoms with Gasteiger partial charge in [0.05, 0.1) is 22.6 Å². The molecule has 1 saturated heterocycles. The van der Waals surface area contributed by atoms with Gasteiger partial charge in [-0.2, -0.15) is 11.8 Å². The van der Waals surface area contributed by atoms with Crippen LogP contribution in [0.3, 0.4) is 0 Å². The summed E-state index contributed by atoms with van der Waals surface area (Å²) < 4.78 is 1.86. The number of benzene rings is 1. The average molecular weight is 430 g/mol. The van der Waals surface area contributed by atoms with Crippen molar-refractivity contribution in [3.8, 4) is 0 Å². The van der Waals surface area contributed by atoms with Gasteiger partial charge in [-0.05, 0) is 42.0 Å². The number of rotatable bonds is 2. The molecule has 1 aromatic heterocycles. The number of nitrogens with one attached hydrogen (secondary N) is 2. The van der Waals surface area contributed by atoms with E-state index in [0.29, 0.717) is 21.4 Å². The van der Waals surface area contributed by atoms with E-state index in [4.69, 9.17) is 23.2 Å². The van der Waals surface area contributed by atoms with E-state index < -0.39 is 0 Å². The highest BCUT2D eigenvalue weighted by molar-refractivity contribution is 8.00. The molecule has 0 saturated carbocycles. The fourth-order valence-corrected chi connectivity index (χ4v) is 6.25. The molecule has 138 valence electrons. The standard InChI is InChI=1S/C17H17Cl2N3O2S2/c18-9-1-2-11(12(19)7-9)15-14-16(20-13(23)8-26-15)22(21-17(14)24)10-3-5-25-6-4-10/h1-2,7,10,15H,3-6,8H2,(H,20,23)(H,21,24)/t15-/m1/s1. The quantitative estimate of drug-likeness (QED) is 0.745. The molecule has 1 atom stereocenters. The molecule has 3 heterocycles. The largest absolute Gasteiger partial charge is 0.310 e. The van der Waals surface area contributed by atoms with Gasteiger partial charge in [0.25, 0.3) is 5.56 Å². The van der Waals surface area contributed by atoms with E-state index in [9.17, 15) is 9.59 Å². The Morgan fingerprint density at radius 2 is 1.92 bits per heavy atom. The van der Waals surface area contributed by atoms with Crippen LogP contribution in [0.1, 0.15) is 35.3 Å². The Hall–Kier alpha value is -1.02. The zero-order valence-electron chi connectivity index (χ0n) is 13.8. The predicted molar refractivity (Wildman–Crippen MR) is 110 cm³/mol. The molecule has 0 bridgehead atoms. The topological polar surface area (TPSA) is 66.9 Å². The van der Waals surface area contributed by atoms with Crippen LogP contribution in [0.5, 0.6) is 0 Å². The van der Waals surface area contributed by atoms with Crippen molar-refractivity contribution in [2.45, 2.75) is 24.1 Å². The lowest BCUT2D eigenvalue weighted by Crippen LogP contribution is -2.22. The van der Waals surface area contributed by atoms with Crippen molar-refractivity contribution in [2.24, 2.45) is 0 Å². The van der Waals surface area contributed by atoms with E-state index in [-0.39, 0.29) is 28.5 Å². The first-order chi connectivity index (χ1) is 12.5. The van der Waals surface area contributed by atoms with Gasteiger partial charge >= 0.3 is 0 Å². The highest BCUT2D eigenvalue weighted by Crippen LogP contribution is 2.44. The van der Waals surface area contributed by atoms with Gasteiger partial charge in [0.1, 0.15) is 5.82 Å². The summed E-state index contributed by atoms with van der Waals surface area (Å²) >= 11 is 15.7. The number of aromatic amines is 1. The molecule has 1 amide bonds. The van der Waals surface area contributed by atoms with Gasteiger partial charge in [0.2, 0.25) is 5.91 Å². The maximum Gasteiger partial charge on any atom is 0.270 e. The van der Waals surface area contributed by atoms with Crippen LogP contribution in [0, 0.1) is 0 Å². The number of aromatic nitrogens is 2. The summed E-state index contributed by atoms with van der Waals surface area (Å²) in [4.78, 5) is 25.1. The van der Waals surface area contributed by atoms with Crippen LogP contribution in [0.15, 0.2) is 23.0 Å². The van der Waals surface area contributed by atoms with Gasteiger partial charge in [-0.25, -0.2) is 0 Å². The van der Waals surface area contributed by atoms with Crippen LogP contribution < -0.4 is 10.9 Å². The number of hydrogen-bond acceptors (Lipinski definition) is 4. The van der Waals surface area contributed by atoms with Crippen LogP contribution >= 0.6 is 46.7 Å². The summed E-state index contributed by atoms with van der Waals surface area (Å²) in [6.45, 7) is 0. The SMILES string of the molecule is O=C1CS[C@H](c2ccc(Cl)cc2Cl)c2c(n(C3CCSCC3)[nH]c2=O)N1. The Kier molecular flexibility index (Phi) is 5.32. The third-order valence-corrected chi connectivity index (χ3v) is 7.53. The zero-order valence-corrected chi connectivity index (χ0v) is 16.9. The minimum Gasteiger partial charge on any atom is -0.310 e. The maximum atomic E-state index is 12.8. The first-order valence-corrected chi connectivity index (χ1v) is 11.3. The Morgan fingerprint density at radius 1 is 1.15 bits per heavy atom. The molecule has 26 heavy (non-hydrogen) atoms. The van der Waals surface area contributed by atoms with Gasteiger partial charge in [-0.15, -0.1) is 11.8 Å². The van der Waals surface area contributed by atoms with Crippen LogP contribution in [0.4, 0.5) is 5.82 Å². The molecule has 9 heteroatoms. The number of anilines is 1. The highest BCUT2D eigenvalue weighted by Gasteiger charge is 2.33. The Balaban J connectivity index is 1.84. The van der Waals surface area contributed by atoms with Gasteiger partial charge < -0.3 is 5.32 Å². The monoisotopic (exact) mass is 429 g/mol. The lowest BCUT2D eigenvalue weighted by Gasteiger charge is -2.24. The molecule has 2 aliphatic heterocycles. The number of hydrogen-bond donors (Lipinski definition) is 2. The molecule has 0 unspecified atom stereocenters. The Bertz CT molecular complexity index is 906. The van der Waals surface area contributed by atoms with Crippen molar-refractivity contribution in [3.05, 3.63) is 49.7 Å². The smallest absolute Gasteiger partial charge is 0.270 e. The number of carbonyl (C=O) groups excluding carboxylic acids is 1. The van der Waals surface area contributed by atoms with E-state index in [1.54, 1.807) is 12.1 Å². The van der Waals surface area contributed by atoms with E-state index in [1.807, 2.05) is 22.5 Å². The lowest BCUT2D eigenvalue weighted by atomic mass is 10.1. The first kappa shape index (κ1) is 18.3. The van der Waals surface area contributed by atoms with Crippen molar-refractivity contribution in [1.29, 1.82) is 0 Å². The second-order valence-corrected chi connectivity index (χ2v) is 9.48. The molecule has 1 aromatic carbocycles. The number of thioether (sulfide) groups is 2. The Labute approximate surface area is 169 Å². The fourth-order valence-electron chi connectivity index (χ4n) is 3.42. The maximum absolute atomic E-state index is 12.8. The molecule has 1 fully saturated rings. The average Bonchev–Trinajstić information content (AvgIpc) is 2.83. The van der Waals surface area contributed by atoms with Crippen LogP contribution in [0.2, 0.25) is 10.0 Å². The summed E-state index contributed by atoms with van der Waals surface area (Å²) in [6.07, 6.45) is 1.94.